The molecule has 0 aliphatic rings. The van der Waals surface area contributed by atoms with Crippen LogP contribution in [0.15, 0.2) is 47.4 Å². The molecule has 2 aromatic carbocycles. The molecule has 0 aliphatic heterocycles. The molecule has 0 saturated heterocycles. The molecule has 0 atom stereocenters. The Morgan fingerprint density at radius 3 is 2.65 bits per heavy atom. The van der Waals surface area contributed by atoms with E-state index in [9.17, 15) is 13.2 Å². The first-order valence-corrected chi connectivity index (χ1v) is 9.63. The Morgan fingerprint density at radius 1 is 1.15 bits per heavy atom. The Balaban J connectivity index is 1.85. The highest BCUT2D eigenvalue weighted by atomic mass is 32.2. The summed E-state index contributed by atoms with van der Waals surface area (Å²) in [5.41, 5.74) is 2.85. The molecule has 6 nitrogen and oxygen atoms in total. The number of benzene rings is 2. The molecule has 7 heteroatoms. The van der Waals surface area contributed by atoms with Crippen LogP contribution in [-0.4, -0.2) is 20.9 Å². The average molecular weight is 371 g/mol. The highest BCUT2D eigenvalue weighted by molar-refractivity contribution is 7.89. The molecule has 0 fully saturated rings. The molecule has 2 N–H and O–H groups in total. The Morgan fingerprint density at radius 2 is 1.92 bits per heavy atom. The van der Waals surface area contributed by atoms with E-state index in [1.165, 1.54) is 0 Å². The van der Waals surface area contributed by atoms with Gasteiger partial charge in [0.1, 0.15) is 0 Å². The number of hydrogen-bond acceptors (Lipinski definition) is 4. The van der Waals surface area contributed by atoms with Crippen molar-refractivity contribution in [2.24, 2.45) is 0 Å². The minimum atomic E-state index is -3.65. The fourth-order valence-corrected chi connectivity index (χ4v) is 3.77. The van der Waals surface area contributed by atoms with Crippen molar-refractivity contribution in [2.75, 3.05) is 6.54 Å². The van der Waals surface area contributed by atoms with Crippen molar-refractivity contribution in [1.82, 2.24) is 10.0 Å². The number of carbonyl (C=O) groups is 1. The van der Waals surface area contributed by atoms with Gasteiger partial charge in [-0.2, -0.15) is 5.26 Å². The summed E-state index contributed by atoms with van der Waals surface area (Å²) >= 11 is 0. The first-order chi connectivity index (χ1) is 12.3. The van der Waals surface area contributed by atoms with E-state index in [-0.39, 0.29) is 30.3 Å². The van der Waals surface area contributed by atoms with Crippen LogP contribution in [0.2, 0.25) is 0 Å². The highest BCUT2D eigenvalue weighted by Crippen LogP contribution is 2.16. The second kappa shape index (κ2) is 8.61. The molecule has 2 rings (SSSR count). The lowest BCUT2D eigenvalue weighted by atomic mass is 10.1. The van der Waals surface area contributed by atoms with Crippen LogP contribution in [0, 0.1) is 25.2 Å². The maximum Gasteiger partial charge on any atom is 0.240 e. The molecule has 136 valence electrons. The predicted molar refractivity (Wildman–Crippen MR) is 98.7 cm³/mol. The lowest BCUT2D eigenvalue weighted by Crippen LogP contribution is -2.31. The van der Waals surface area contributed by atoms with E-state index in [1.54, 1.807) is 37.3 Å². The van der Waals surface area contributed by atoms with Gasteiger partial charge in [-0.05, 0) is 48.7 Å². The Kier molecular flexibility index (Phi) is 6.50. The Labute approximate surface area is 153 Å². The van der Waals surface area contributed by atoms with Gasteiger partial charge in [-0.25, -0.2) is 13.1 Å². The zero-order valence-electron chi connectivity index (χ0n) is 14.7. The first-order valence-electron chi connectivity index (χ1n) is 8.14. The van der Waals surface area contributed by atoms with Gasteiger partial charge in [0.05, 0.1) is 16.5 Å². The number of nitrogens with zero attached hydrogens (tertiary/aromatic N) is 1. The van der Waals surface area contributed by atoms with Gasteiger partial charge in [-0.15, -0.1) is 0 Å². The predicted octanol–water partition coefficient (Wildman–Crippen LogP) is 2.16. The number of nitriles is 1. The van der Waals surface area contributed by atoms with E-state index in [1.807, 2.05) is 25.1 Å². The van der Waals surface area contributed by atoms with E-state index in [0.717, 1.165) is 11.1 Å². The lowest BCUT2D eigenvalue weighted by molar-refractivity contribution is -0.121. The van der Waals surface area contributed by atoms with Crippen molar-refractivity contribution in [3.63, 3.8) is 0 Å². The molecule has 0 spiro atoms. The summed E-state index contributed by atoms with van der Waals surface area (Å²) in [5, 5.41) is 11.6. The largest absolute Gasteiger partial charge is 0.352 e. The quantitative estimate of drug-likeness (QED) is 0.779. The van der Waals surface area contributed by atoms with Crippen LogP contribution < -0.4 is 10.0 Å². The van der Waals surface area contributed by atoms with Crippen LogP contribution in [-0.2, 0) is 21.4 Å². The van der Waals surface area contributed by atoms with Crippen LogP contribution in [0.5, 0.6) is 0 Å². The smallest absolute Gasteiger partial charge is 0.240 e. The van der Waals surface area contributed by atoms with E-state index in [4.69, 9.17) is 5.26 Å². The average Bonchev–Trinajstić information content (AvgIpc) is 2.62. The molecule has 2 aromatic rings. The van der Waals surface area contributed by atoms with Gasteiger partial charge in [0.2, 0.25) is 15.9 Å². The zero-order chi connectivity index (χ0) is 19.2. The van der Waals surface area contributed by atoms with Gasteiger partial charge < -0.3 is 5.32 Å². The number of sulfonamides is 1. The standard InChI is InChI=1S/C19H21N3O3S/c1-14-6-7-15(2)18(10-14)26(24,25)22-9-8-19(23)21-13-17-5-3-4-16(11-17)12-20/h3-7,10-11,22H,8-9,13H2,1-2H3,(H,21,23). The minimum absolute atomic E-state index is 0.0137. The van der Waals surface area contributed by atoms with Gasteiger partial charge in [-0.3, -0.25) is 4.79 Å². The van der Waals surface area contributed by atoms with Crippen molar-refractivity contribution in [1.29, 1.82) is 5.26 Å². The van der Waals surface area contributed by atoms with Gasteiger partial charge in [-0.1, -0.05) is 24.3 Å². The number of rotatable bonds is 7. The molecular weight excluding hydrogens is 350 g/mol. The summed E-state index contributed by atoms with van der Waals surface area (Å²) in [4.78, 5) is 12.1. The topological polar surface area (TPSA) is 99.1 Å². The van der Waals surface area contributed by atoms with E-state index < -0.39 is 10.0 Å². The summed E-state index contributed by atoms with van der Waals surface area (Å²) < 4.78 is 27.2. The number of aryl methyl sites for hydroxylation is 2. The maximum atomic E-state index is 12.4. The zero-order valence-corrected chi connectivity index (χ0v) is 15.6. The van der Waals surface area contributed by atoms with E-state index in [0.29, 0.717) is 11.1 Å². The molecule has 0 heterocycles. The van der Waals surface area contributed by atoms with Crippen molar-refractivity contribution in [3.05, 3.63) is 64.7 Å². The molecule has 26 heavy (non-hydrogen) atoms. The summed E-state index contributed by atoms with van der Waals surface area (Å²) in [6, 6.07) is 14.2. The van der Waals surface area contributed by atoms with Crippen LogP contribution in [0.25, 0.3) is 0 Å². The summed E-state index contributed by atoms with van der Waals surface area (Å²) in [5.74, 6) is -0.268. The number of nitrogens with one attached hydrogen (secondary N) is 2. The summed E-state index contributed by atoms with van der Waals surface area (Å²) in [6.45, 7) is 3.86. The second-order valence-corrected chi connectivity index (χ2v) is 7.74. The molecule has 0 unspecified atom stereocenters. The molecule has 0 saturated carbocycles. The van der Waals surface area contributed by atoms with Crippen molar-refractivity contribution in [3.8, 4) is 6.07 Å². The van der Waals surface area contributed by atoms with Crippen LogP contribution in [0.3, 0.4) is 0 Å². The summed E-state index contributed by atoms with van der Waals surface area (Å²) in [7, 11) is -3.65. The molecular formula is C19H21N3O3S. The third-order valence-electron chi connectivity index (χ3n) is 3.82. The van der Waals surface area contributed by atoms with Gasteiger partial charge in [0.25, 0.3) is 0 Å². The monoisotopic (exact) mass is 371 g/mol. The summed E-state index contributed by atoms with van der Waals surface area (Å²) in [6.07, 6.45) is 0.0298. The molecule has 0 radical (unpaired) electrons. The SMILES string of the molecule is Cc1ccc(C)c(S(=O)(=O)NCCC(=O)NCc2cccc(C#N)c2)c1. The van der Waals surface area contributed by atoms with Gasteiger partial charge in [0.15, 0.2) is 0 Å². The van der Waals surface area contributed by atoms with Crippen molar-refractivity contribution < 1.29 is 13.2 Å². The van der Waals surface area contributed by atoms with E-state index in [2.05, 4.69) is 10.0 Å². The van der Waals surface area contributed by atoms with Crippen molar-refractivity contribution >= 4 is 15.9 Å². The third kappa shape index (κ3) is 5.41. The van der Waals surface area contributed by atoms with Crippen LogP contribution in [0.4, 0.5) is 0 Å². The minimum Gasteiger partial charge on any atom is -0.352 e. The normalized spacial score (nSPS) is 11.0. The number of hydrogen-bond donors (Lipinski definition) is 2. The van der Waals surface area contributed by atoms with Crippen LogP contribution >= 0.6 is 0 Å². The molecule has 0 bridgehead atoms. The Bertz CT molecular complexity index is 947. The van der Waals surface area contributed by atoms with Gasteiger partial charge >= 0.3 is 0 Å². The third-order valence-corrected chi connectivity index (χ3v) is 5.43. The second-order valence-electron chi connectivity index (χ2n) is 6.01. The number of carbonyl (C=O) groups excluding carboxylic acids is 1. The maximum absolute atomic E-state index is 12.4. The van der Waals surface area contributed by atoms with Gasteiger partial charge in [0, 0.05) is 19.5 Å². The fourth-order valence-electron chi connectivity index (χ4n) is 2.41. The molecule has 0 aliphatic carbocycles. The van der Waals surface area contributed by atoms with Crippen molar-refractivity contribution in [2.45, 2.75) is 31.7 Å². The first kappa shape index (κ1) is 19.6. The molecule has 1 amide bonds. The lowest BCUT2D eigenvalue weighted by Gasteiger charge is -2.10. The van der Waals surface area contributed by atoms with E-state index >= 15 is 0 Å². The Hall–Kier alpha value is -2.69. The molecule has 0 aromatic heterocycles. The highest BCUT2D eigenvalue weighted by Gasteiger charge is 2.16. The van der Waals surface area contributed by atoms with Crippen LogP contribution in [0.1, 0.15) is 28.7 Å². The number of amides is 1. The fraction of sp³-hybridized carbons (Fsp3) is 0.263.